The van der Waals surface area contributed by atoms with Crippen LogP contribution in [0.25, 0.3) is 0 Å². The van der Waals surface area contributed by atoms with Crippen molar-refractivity contribution in [3.63, 3.8) is 0 Å². The van der Waals surface area contributed by atoms with Crippen molar-refractivity contribution in [1.29, 1.82) is 0 Å². The summed E-state index contributed by atoms with van der Waals surface area (Å²) in [7, 11) is -3.76. The molecule has 0 fully saturated rings. The SMILES string of the molecule is O=C(CNS(=O)(=O)c1ccccc1)N/N=C/c1cccc(OCc2ccc(Cl)cc2)c1. The molecule has 0 aromatic heterocycles. The minimum absolute atomic E-state index is 0.0849. The van der Waals surface area contributed by atoms with Crippen molar-refractivity contribution in [2.45, 2.75) is 11.5 Å². The Kier molecular flexibility index (Phi) is 7.77. The van der Waals surface area contributed by atoms with E-state index in [4.69, 9.17) is 16.3 Å². The van der Waals surface area contributed by atoms with E-state index in [1.54, 1.807) is 48.5 Å². The molecule has 0 heterocycles. The first-order valence-electron chi connectivity index (χ1n) is 9.26. The third-order valence-electron chi connectivity index (χ3n) is 4.06. The van der Waals surface area contributed by atoms with Gasteiger partial charge in [-0.15, -0.1) is 0 Å². The zero-order chi connectivity index (χ0) is 22.1. The number of sulfonamides is 1. The summed E-state index contributed by atoms with van der Waals surface area (Å²) in [4.78, 5) is 12.0. The van der Waals surface area contributed by atoms with Gasteiger partial charge in [0.25, 0.3) is 5.91 Å². The molecule has 0 bridgehead atoms. The second kappa shape index (κ2) is 10.7. The Balaban J connectivity index is 1.48. The Hall–Kier alpha value is -3.20. The van der Waals surface area contributed by atoms with Gasteiger partial charge >= 0.3 is 0 Å². The Morgan fingerprint density at radius 3 is 2.48 bits per heavy atom. The zero-order valence-electron chi connectivity index (χ0n) is 16.4. The van der Waals surface area contributed by atoms with Crippen LogP contribution >= 0.6 is 11.6 Å². The lowest BCUT2D eigenvalue weighted by atomic mass is 10.2. The van der Waals surface area contributed by atoms with E-state index in [1.165, 1.54) is 18.3 Å². The van der Waals surface area contributed by atoms with Crippen molar-refractivity contribution < 1.29 is 17.9 Å². The lowest BCUT2D eigenvalue weighted by Gasteiger charge is -2.07. The number of carbonyl (C=O) groups is 1. The van der Waals surface area contributed by atoms with Crippen LogP contribution in [0.15, 0.2) is 88.9 Å². The summed E-state index contributed by atoms with van der Waals surface area (Å²) < 4.78 is 32.2. The number of halogens is 1. The average Bonchev–Trinajstić information content (AvgIpc) is 2.78. The first-order chi connectivity index (χ1) is 14.9. The number of nitrogens with one attached hydrogen (secondary N) is 2. The predicted molar refractivity (Wildman–Crippen MR) is 120 cm³/mol. The lowest BCUT2D eigenvalue weighted by molar-refractivity contribution is -0.119. The molecule has 0 saturated carbocycles. The van der Waals surface area contributed by atoms with Crippen LogP contribution in [0.3, 0.4) is 0 Å². The number of ether oxygens (including phenoxy) is 1. The highest BCUT2D eigenvalue weighted by Gasteiger charge is 2.14. The first kappa shape index (κ1) is 22.5. The predicted octanol–water partition coefficient (Wildman–Crippen LogP) is 3.35. The maximum atomic E-state index is 12.1. The molecule has 0 saturated heterocycles. The molecule has 7 nitrogen and oxygen atoms in total. The molecular weight excluding hydrogens is 438 g/mol. The second-order valence-electron chi connectivity index (χ2n) is 6.42. The third-order valence-corrected chi connectivity index (χ3v) is 5.73. The van der Waals surface area contributed by atoms with Gasteiger partial charge in [0.05, 0.1) is 17.7 Å². The summed E-state index contributed by atoms with van der Waals surface area (Å²) >= 11 is 5.87. The Bertz CT molecular complexity index is 1150. The molecule has 0 aliphatic carbocycles. The van der Waals surface area contributed by atoms with Crippen molar-refractivity contribution in [1.82, 2.24) is 10.1 Å². The van der Waals surface area contributed by atoms with Crippen molar-refractivity contribution in [3.05, 3.63) is 95.0 Å². The summed E-state index contributed by atoms with van der Waals surface area (Å²) in [5, 5.41) is 4.52. The Morgan fingerprint density at radius 2 is 1.74 bits per heavy atom. The van der Waals surface area contributed by atoms with Crippen LogP contribution in [0.5, 0.6) is 5.75 Å². The van der Waals surface area contributed by atoms with Gasteiger partial charge in [0.1, 0.15) is 12.4 Å². The van der Waals surface area contributed by atoms with E-state index in [1.807, 2.05) is 18.2 Å². The van der Waals surface area contributed by atoms with Crippen molar-refractivity contribution in [2.75, 3.05) is 6.54 Å². The number of rotatable bonds is 9. The van der Waals surface area contributed by atoms with Crippen LogP contribution in [0.2, 0.25) is 5.02 Å². The van der Waals surface area contributed by atoms with E-state index in [0.29, 0.717) is 22.9 Å². The van der Waals surface area contributed by atoms with Crippen LogP contribution in [-0.2, 0) is 21.4 Å². The molecule has 0 unspecified atom stereocenters. The number of hydrogen-bond acceptors (Lipinski definition) is 5. The topological polar surface area (TPSA) is 96.9 Å². The molecule has 160 valence electrons. The average molecular weight is 458 g/mol. The number of amides is 1. The van der Waals surface area contributed by atoms with E-state index in [0.717, 1.165) is 5.56 Å². The van der Waals surface area contributed by atoms with Gasteiger partial charge in [-0.05, 0) is 47.5 Å². The van der Waals surface area contributed by atoms with Gasteiger partial charge in [-0.25, -0.2) is 18.6 Å². The van der Waals surface area contributed by atoms with Gasteiger partial charge in [0.2, 0.25) is 10.0 Å². The van der Waals surface area contributed by atoms with Crippen LogP contribution in [0, 0.1) is 0 Å². The number of hydrogen-bond donors (Lipinski definition) is 2. The van der Waals surface area contributed by atoms with Gasteiger partial charge < -0.3 is 4.74 Å². The number of benzene rings is 3. The fraction of sp³-hybridized carbons (Fsp3) is 0.0909. The van der Waals surface area contributed by atoms with Gasteiger partial charge in [-0.1, -0.05) is 54.1 Å². The van der Waals surface area contributed by atoms with Crippen molar-refractivity contribution in [3.8, 4) is 5.75 Å². The summed E-state index contributed by atoms with van der Waals surface area (Å²) in [6.07, 6.45) is 1.44. The summed E-state index contributed by atoms with van der Waals surface area (Å²) in [5.74, 6) is 0.0479. The maximum Gasteiger partial charge on any atom is 0.255 e. The van der Waals surface area contributed by atoms with Gasteiger partial charge in [-0.2, -0.15) is 5.10 Å². The molecule has 0 atom stereocenters. The number of nitrogens with zero attached hydrogens (tertiary/aromatic N) is 1. The smallest absolute Gasteiger partial charge is 0.255 e. The zero-order valence-corrected chi connectivity index (χ0v) is 17.9. The van der Waals surface area contributed by atoms with E-state index < -0.39 is 22.5 Å². The molecule has 0 aliphatic rings. The minimum Gasteiger partial charge on any atom is -0.489 e. The molecule has 9 heteroatoms. The van der Waals surface area contributed by atoms with E-state index in [9.17, 15) is 13.2 Å². The minimum atomic E-state index is -3.76. The molecule has 3 aromatic rings. The number of carbonyl (C=O) groups excluding carboxylic acids is 1. The molecular formula is C22H20ClN3O4S. The lowest BCUT2D eigenvalue weighted by Crippen LogP contribution is -2.34. The van der Waals surface area contributed by atoms with Crippen LogP contribution < -0.4 is 14.9 Å². The monoisotopic (exact) mass is 457 g/mol. The molecule has 2 N–H and O–H groups in total. The highest BCUT2D eigenvalue weighted by molar-refractivity contribution is 7.89. The molecule has 0 radical (unpaired) electrons. The normalized spacial score (nSPS) is 11.4. The summed E-state index contributed by atoms with van der Waals surface area (Å²) in [6, 6.07) is 22.3. The highest BCUT2D eigenvalue weighted by atomic mass is 35.5. The highest BCUT2D eigenvalue weighted by Crippen LogP contribution is 2.15. The fourth-order valence-corrected chi connectivity index (χ4v) is 3.62. The summed E-state index contributed by atoms with van der Waals surface area (Å²) in [5.41, 5.74) is 3.98. The molecule has 0 aliphatic heterocycles. The van der Waals surface area contributed by atoms with Crippen molar-refractivity contribution >= 4 is 33.7 Å². The maximum absolute atomic E-state index is 12.1. The van der Waals surface area contributed by atoms with Crippen LogP contribution in [0.4, 0.5) is 0 Å². The largest absolute Gasteiger partial charge is 0.489 e. The molecule has 31 heavy (non-hydrogen) atoms. The van der Waals surface area contributed by atoms with E-state index >= 15 is 0 Å². The Morgan fingerprint density at radius 1 is 1.00 bits per heavy atom. The first-order valence-corrected chi connectivity index (χ1v) is 11.1. The van der Waals surface area contributed by atoms with Gasteiger partial charge in [-0.3, -0.25) is 4.79 Å². The second-order valence-corrected chi connectivity index (χ2v) is 8.62. The molecule has 3 aromatic carbocycles. The van der Waals surface area contributed by atoms with Gasteiger partial charge in [0, 0.05) is 5.02 Å². The standard InChI is InChI=1S/C22H20ClN3O4S/c23-19-11-9-17(10-12-19)16-30-20-6-4-5-18(13-20)14-24-26-22(27)15-25-31(28,29)21-7-2-1-3-8-21/h1-14,25H,15-16H2,(H,26,27)/b24-14+. The molecule has 3 rings (SSSR count). The Labute approximate surface area is 185 Å². The van der Waals surface area contributed by atoms with E-state index in [-0.39, 0.29) is 4.90 Å². The third kappa shape index (κ3) is 7.21. The quantitative estimate of drug-likeness (QED) is 0.380. The van der Waals surface area contributed by atoms with Gasteiger partial charge in [0.15, 0.2) is 0 Å². The molecule has 1 amide bonds. The summed E-state index contributed by atoms with van der Waals surface area (Å²) in [6.45, 7) is -0.0468. The van der Waals surface area contributed by atoms with Crippen LogP contribution in [-0.4, -0.2) is 27.1 Å². The molecule has 0 spiro atoms. The fourth-order valence-electron chi connectivity index (χ4n) is 2.49. The number of hydrazone groups is 1. The van der Waals surface area contributed by atoms with Crippen molar-refractivity contribution in [2.24, 2.45) is 5.10 Å². The van der Waals surface area contributed by atoms with Crippen LogP contribution in [0.1, 0.15) is 11.1 Å². The van der Waals surface area contributed by atoms with E-state index in [2.05, 4.69) is 15.2 Å².